The molecule has 0 radical (unpaired) electrons. The first kappa shape index (κ1) is 12.6. The van der Waals surface area contributed by atoms with E-state index in [4.69, 9.17) is 5.11 Å². The Bertz CT molecular complexity index is 803. The molecular formula is C14H11N3O2S. The molecular weight excluding hydrogens is 274 g/mol. The summed E-state index contributed by atoms with van der Waals surface area (Å²) < 4.78 is 1.68. The molecule has 6 heteroatoms. The van der Waals surface area contributed by atoms with Crippen LogP contribution in [0, 0.1) is 6.92 Å². The third-order valence-electron chi connectivity index (χ3n) is 2.77. The molecule has 2 heterocycles. The summed E-state index contributed by atoms with van der Waals surface area (Å²) in [6, 6.07) is 9.66. The zero-order valence-electron chi connectivity index (χ0n) is 10.6. The first-order chi connectivity index (χ1) is 9.65. The lowest BCUT2D eigenvalue weighted by atomic mass is 10.1. The topological polar surface area (TPSA) is 67.5 Å². The van der Waals surface area contributed by atoms with Crippen molar-refractivity contribution in [2.75, 3.05) is 0 Å². The van der Waals surface area contributed by atoms with Crippen LogP contribution in [0.1, 0.15) is 10.7 Å². The van der Waals surface area contributed by atoms with E-state index in [1.165, 1.54) is 17.4 Å². The number of carboxylic acids is 1. The predicted molar refractivity (Wildman–Crippen MR) is 77.7 cm³/mol. The number of aromatic nitrogens is 3. The summed E-state index contributed by atoms with van der Waals surface area (Å²) in [4.78, 5) is 16.1. The van der Waals surface area contributed by atoms with Gasteiger partial charge in [-0.3, -0.25) is 0 Å². The van der Waals surface area contributed by atoms with Gasteiger partial charge in [-0.25, -0.2) is 14.3 Å². The van der Waals surface area contributed by atoms with Crippen LogP contribution in [-0.4, -0.2) is 25.7 Å². The van der Waals surface area contributed by atoms with Gasteiger partial charge < -0.3 is 5.11 Å². The first-order valence-corrected chi connectivity index (χ1v) is 6.79. The van der Waals surface area contributed by atoms with Crippen molar-refractivity contribution >= 4 is 28.3 Å². The Morgan fingerprint density at radius 3 is 2.80 bits per heavy atom. The Balaban J connectivity index is 2.23. The van der Waals surface area contributed by atoms with Crippen LogP contribution in [0.15, 0.2) is 36.4 Å². The quantitative estimate of drug-likeness (QED) is 0.751. The molecule has 0 saturated heterocycles. The molecule has 3 rings (SSSR count). The molecule has 1 N–H and O–H groups in total. The average molecular weight is 285 g/mol. The van der Waals surface area contributed by atoms with E-state index in [1.807, 2.05) is 37.3 Å². The predicted octanol–water partition coefficient (Wildman–Crippen LogP) is 2.86. The zero-order chi connectivity index (χ0) is 14.1. The van der Waals surface area contributed by atoms with Crippen molar-refractivity contribution < 1.29 is 9.90 Å². The number of aryl methyl sites for hydroxylation is 1. The molecule has 0 atom stereocenters. The standard InChI is InChI=1S/C14H11N3O2S/c1-9-16-17-11(7-8-12(18)19)13(15-14(17)20-9)10-5-3-2-4-6-10/h2-8H,1H3,(H,18,19). The van der Waals surface area contributed by atoms with Crippen molar-refractivity contribution in [3.8, 4) is 11.3 Å². The van der Waals surface area contributed by atoms with E-state index in [0.717, 1.165) is 27.3 Å². The monoisotopic (exact) mass is 285 g/mol. The Hall–Kier alpha value is -2.47. The van der Waals surface area contributed by atoms with Crippen LogP contribution < -0.4 is 0 Å². The minimum Gasteiger partial charge on any atom is -0.478 e. The summed E-state index contributed by atoms with van der Waals surface area (Å²) in [6.07, 6.45) is 2.63. The van der Waals surface area contributed by atoms with Crippen molar-refractivity contribution in [1.29, 1.82) is 0 Å². The Kier molecular flexibility index (Phi) is 3.08. The molecule has 0 amide bonds. The van der Waals surface area contributed by atoms with Gasteiger partial charge in [0.05, 0.1) is 11.4 Å². The van der Waals surface area contributed by atoms with Gasteiger partial charge in [-0.1, -0.05) is 41.7 Å². The van der Waals surface area contributed by atoms with Crippen molar-refractivity contribution in [1.82, 2.24) is 14.6 Å². The number of nitrogens with zero attached hydrogens (tertiary/aromatic N) is 3. The summed E-state index contributed by atoms with van der Waals surface area (Å²) in [6.45, 7) is 1.90. The third-order valence-corrected chi connectivity index (χ3v) is 3.59. The van der Waals surface area contributed by atoms with Gasteiger partial charge in [-0.15, -0.1) is 0 Å². The van der Waals surface area contributed by atoms with Crippen molar-refractivity contribution in [2.24, 2.45) is 0 Å². The molecule has 0 bridgehead atoms. The summed E-state index contributed by atoms with van der Waals surface area (Å²) in [5.74, 6) is -0.995. The van der Waals surface area contributed by atoms with Crippen LogP contribution in [0.3, 0.4) is 0 Å². The maximum Gasteiger partial charge on any atom is 0.328 e. The molecule has 0 unspecified atom stereocenters. The molecule has 2 aromatic heterocycles. The maximum absolute atomic E-state index is 10.7. The lowest BCUT2D eigenvalue weighted by molar-refractivity contribution is -0.131. The van der Waals surface area contributed by atoms with Gasteiger partial charge in [0.15, 0.2) is 0 Å². The van der Waals surface area contributed by atoms with E-state index in [-0.39, 0.29) is 0 Å². The number of aliphatic carboxylic acids is 1. The van der Waals surface area contributed by atoms with Gasteiger partial charge in [0, 0.05) is 11.6 Å². The van der Waals surface area contributed by atoms with E-state index in [2.05, 4.69) is 10.1 Å². The highest BCUT2D eigenvalue weighted by Crippen LogP contribution is 2.27. The number of benzene rings is 1. The number of carboxylic acid groups (broad SMARTS) is 1. The SMILES string of the molecule is Cc1nn2c(C=CC(=O)O)c(-c3ccccc3)nc2s1. The molecule has 0 spiro atoms. The lowest BCUT2D eigenvalue weighted by Gasteiger charge is -1.98. The fourth-order valence-electron chi connectivity index (χ4n) is 1.97. The van der Waals surface area contributed by atoms with Gasteiger partial charge in [0.1, 0.15) is 5.01 Å². The van der Waals surface area contributed by atoms with Crippen LogP contribution in [-0.2, 0) is 4.79 Å². The van der Waals surface area contributed by atoms with E-state index < -0.39 is 5.97 Å². The Labute approximate surface area is 118 Å². The van der Waals surface area contributed by atoms with Gasteiger partial charge >= 0.3 is 5.97 Å². The average Bonchev–Trinajstić information content (AvgIpc) is 2.93. The normalized spacial score (nSPS) is 11.4. The second-order valence-electron chi connectivity index (χ2n) is 4.20. The number of hydrogen-bond acceptors (Lipinski definition) is 4. The molecule has 0 aliphatic rings. The number of imidazole rings is 1. The van der Waals surface area contributed by atoms with Gasteiger partial charge in [-0.05, 0) is 13.0 Å². The smallest absolute Gasteiger partial charge is 0.328 e. The lowest BCUT2D eigenvalue weighted by Crippen LogP contribution is -1.92. The van der Waals surface area contributed by atoms with Crippen LogP contribution >= 0.6 is 11.3 Å². The Morgan fingerprint density at radius 2 is 2.10 bits per heavy atom. The van der Waals surface area contributed by atoms with E-state index >= 15 is 0 Å². The van der Waals surface area contributed by atoms with E-state index in [0.29, 0.717) is 5.69 Å². The number of fused-ring (bicyclic) bond motifs is 1. The molecule has 3 aromatic rings. The van der Waals surface area contributed by atoms with Crippen molar-refractivity contribution in [2.45, 2.75) is 6.92 Å². The molecule has 0 aliphatic carbocycles. The van der Waals surface area contributed by atoms with E-state index in [9.17, 15) is 4.79 Å². The highest BCUT2D eigenvalue weighted by Gasteiger charge is 2.15. The molecule has 20 heavy (non-hydrogen) atoms. The molecule has 1 aromatic carbocycles. The summed E-state index contributed by atoms with van der Waals surface area (Å²) in [5, 5.41) is 14.1. The summed E-state index contributed by atoms with van der Waals surface area (Å²) in [5.41, 5.74) is 2.35. The highest BCUT2D eigenvalue weighted by molar-refractivity contribution is 7.16. The molecule has 5 nitrogen and oxygen atoms in total. The van der Waals surface area contributed by atoms with Crippen molar-refractivity contribution in [3.63, 3.8) is 0 Å². The van der Waals surface area contributed by atoms with Crippen molar-refractivity contribution in [3.05, 3.63) is 47.1 Å². The maximum atomic E-state index is 10.7. The minimum absolute atomic E-state index is 0.679. The van der Waals surface area contributed by atoms with Crippen LogP contribution in [0.2, 0.25) is 0 Å². The molecule has 100 valence electrons. The van der Waals surface area contributed by atoms with Crippen LogP contribution in [0.25, 0.3) is 22.3 Å². The van der Waals surface area contributed by atoms with Gasteiger partial charge in [0.25, 0.3) is 0 Å². The fourth-order valence-corrected chi connectivity index (χ4v) is 2.72. The minimum atomic E-state index is -0.995. The van der Waals surface area contributed by atoms with Crippen LogP contribution in [0.4, 0.5) is 0 Å². The summed E-state index contributed by atoms with van der Waals surface area (Å²) >= 11 is 1.48. The summed E-state index contributed by atoms with van der Waals surface area (Å²) in [7, 11) is 0. The Morgan fingerprint density at radius 1 is 1.35 bits per heavy atom. The van der Waals surface area contributed by atoms with Crippen LogP contribution in [0.5, 0.6) is 0 Å². The molecule has 0 aliphatic heterocycles. The van der Waals surface area contributed by atoms with E-state index in [1.54, 1.807) is 4.52 Å². The number of hydrogen-bond donors (Lipinski definition) is 1. The third kappa shape index (κ3) is 2.21. The molecule has 0 fully saturated rings. The van der Waals surface area contributed by atoms with Gasteiger partial charge in [-0.2, -0.15) is 5.10 Å². The zero-order valence-corrected chi connectivity index (χ0v) is 11.5. The number of carbonyl (C=O) groups is 1. The van der Waals surface area contributed by atoms with Gasteiger partial charge in [0.2, 0.25) is 4.96 Å². The largest absolute Gasteiger partial charge is 0.478 e. The second kappa shape index (κ2) is 4.90. The number of rotatable bonds is 3. The highest BCUT2D eigenvalue weighted by atomic mass is 32.1. The molecule has 0 saturated carbocycles. The second-order valence-corrected chi connectivity index (χ2v) is 5.36. The fraction of sp³-hybridized carbons (Fsp3) is 0.0714. The first-order valence-electron chi connectivity index (χ1n) is 5.98.